The first-order valence-corrected chi connectivity index (χ1v) is 11.2. The van der Waals surface area contributed by atoms with Crippen molar-refractivity contribution in [3.05, 3.63) is 77.8 Å². The van der Waals surface area contributed by atoms with Gasteiger partial charge in [0.1, 0.15) is 17.2 Å². The van der Waals surface area contributed by atoms with Crippen LogP contribution in [0.5, 0.6) is 0 Å². The second kappa shape index (κ2) is 8.51. The molecule has 0 saturated heterocycles. The number of halogens is 1. The van der Waals surface area contributed by atoms with Crippen LogP contribution in [-0.2, 0) is 0 Å². The second-order valence-electron chi connectivity index (χ2n) is 7.70. The predicted octanol–water partition coefficient (Wildman–Crippen LogP) is 5.59. The summed E-state index contributed by atoms with van der Waals surface area (Å²) >= 11 is 1.29. The maximum atomic E-state index is 14.5. The van der Waals surface area contributed by atoms with Crippen molar-refractivity contribution in [2.24, 2.45) is 0 Å². The fraction of sp³-hybridized carbons (Fsp3) is 0.125. The number of thiazole rings is 1. The van der Waals surface area contributed by atoms with Gasteiger partial charge in [0.05, 0.1) is 23.0 Å². The Morgan fingerprint density at radius 2 is 1.94 bits per heavy atom. The van der Waals surface area contributed by atoms with Gasteiger partial charge >= 0.3 is 0 Å². The van der Waals surface area contributed by atoms with Crippen molar-refractivity contribution in [1.82, 2.24) is 24.7 Å². The van der Waals surface area contributed by atoms with Crippen molar-refractivity contribution in [3.8, 4) is 22.6 Å². The van der Waals surface area contributed by atoms with Crippen molar-refractivity contribution in [2.45, 2.75) is 19.9 Å². The Hall–Kier alpha value is -3.98. The Morgan fingerprint density at radius 1 is 1.09 bits per heavy atom. The molecule has 5 aromatic rings. The monoisotopic (exact) mass is 458 g/mol. The number of hydrogen-bond acceptors (Lipinski definition) is 6. The third kappa shape index (κ3) is 4.10. The lowest BCUT2D eigenvalue weighted by molar-refractivity contribution is 0.102. The SMILES string of the molecule is CC(C)n1cc(C(=O)Nc2nc(-c3ccc4ccncc4n3)cs2)c(-c2ccccc2F)n1. The summed E-state index contributed by atoms with van der Waals surface area (Å²) in [5.74, 6) is -0.842. The van der Waals surface area contributed by atoms with Crippen molar-refractivity contribution in [1.29, 1.82) is 0 Å². The van der Waals surface area contributed by atoms with E-state index in [9.17, 15) is 9.18 Å². The number of amides is 1. The molecular weight excluding hydrogens is 439 g/mol. The number of carbonyl (C=O) groups is 1. The van der Waals surface area contributed by atoms with Crippen LogP contribution in [-0.4, -0.2) is 30.6 Å². The molecule has 0 atom stereocenters. The highest BCUT2D eigenvalue weighted by molar-refractivity contribution is 7.14. The van der Waals surface area contributed by atoms with Gasteiger partial charge in [-0.3, -0.25) is 19.8 Å². The first-order chi connectivity index (χ1) is 16.0. The molecule has 1 amide bonds. The summed E-state index contributed by atoms with van der Waals surface area (Å²) in [7, 11) is 0. The summed E-state index contributed by atoms with van der Waals surface area (Å²) in [4.78, 5) is 26.4. The third-order valence-electron chi connectivity index (χ3n) is 5.12. The number of nitrogens with zero attached hydrogens (tertiary/aromatic N) is 5. The van der Waals surface area contributed by atoms with Crippen LogP contribution in [0.25, 0.3) is 33.5 Å². The van der Waals surface area contributed by atoms with E-state index in [0.717, 1.165) is 10.9 Å². The number of aromatic nitrogens is 5. The summed E-state index contributed by atoms with van der Waals surface area (Å²) in [5, 5.41) is 10.5. The molecule has 1 aromatic carbocycles. The van der Waals surface area contributed by atoms with Crippen LogP contribution in [0.15, 0.2) is 66.4 Å². The van der Waals surface area contributed by atoms with Gasteiger partial charge in [0.15, 0.2) is 5.13 Å². The lowest BCUT2D eigenvalue weighted by atomic mass is 10.1. The molecule has 5 rings (SSSR count). The van der Waals surface area contributed by atoms with Crippen molar-refractivity contribution >= 4 is 33.3 Å². The van der Waals surface area contributed by atoms with Gasteiger partial charge in [0, 0.05) is 34.8 Å². The molecule has 0 saturated carbocycles. The van der Waals surface area contributed by atoms with E-state index < -0.39 is 11.7 Å². The number of fused-ring (bicyclic) bond motifs is 1. The maximum Gasteiger partial charge on any atom is 0.261 e. The molecule has 4 heterocycles. The standard InChI is InChI=1S/C24H19FN6OS/c1-14(2)31-12-17(22(30-31)16-5-3-4-6-18(16)25)23(32)29-24-28-21(13-33-24)19-8-7-15-9-10-26-11-20(15)27-19/h3-14H,1-2H3,(H,28,29,32). The first-order valence-electron chi connectivity index (χ1n) is 10.3. The summed E-state index contributed by atoms with van der Waals surface area (Å²) in [6, 6.07) is 12.0. The van der Waals surface area contributed by atoms with Gasteiger partial charge in [-0.2, -0.15) is 5.10 Å². The molecule has 33 heavy (non-hydrogen) atoms. The maximum absolute atomic E-state index is 14.5. The van der Waals surface area contributed by atoms with E-state index >= 15 is 0 Å². The summed E-state index contributed by atoms with van der Waals surface area (Å²) in [6.07, 6.45) is 5.05. The first kappa shape index (κ1) is 20.9. The number of benzene rings is 1. The average Bonchev–Trinajstić information content (AvgIpc) is 3.47. The Bertz CT molecular complexity index is 1470. The van der Waals surface area contributed by atoms with E-state index in [4.69, 9.17) is 0 Å². The van der Waals surface area contributed by atoms with Gasteiger partial charge in [-0.05, 0) is 38.1 Å². The van der Waals surface area contributed by atoms with E-state index in [1.165, 1.54) is 17.4 Å². The molecule has 0 aliphatic heterocycles. The highest BCUT2D eigenvalue weighted by Gasteiger charge is 2.22. The third-order valence-corrected chi connectivity index (χ3v) is 5.87. The Balaban J connectivity index is 1.44. The molecule has 0 unspecified atom stereocenters. The van der Waals surface area contributed by atoms with Gasteiger partial charge in [-0.15, -0.1) is 11.3 Å². The number of nitrogens with one attached hydrogen (secondary N) is 1. The van der Waals surface area contributed by atoms with Crippen molar-refractivity contribution in [3.63, 3.8) is 0 Å². The van der Waals surface area contributed by atoms with Crippen LogP contribution in [0.4, 0.5) is 9.52 Å². The quantitative estimate of drug-likeness (QED) is 0.371. The topological polar surface area (TPSA) is 85.6 Å². The molecule has 0 aliphatic carbocycles. The van der Waals surface area contributed by atoms with Crippen LogP contribution in [0, 0.1) is 5.82 Å². The predicted molar refractivity (Wildman–Crippen MR) is 127 cm³/mol. The summed E-state index contributed by atoms with van der Waals surface area (Å²) in [5.41, 5.74) is 2.94. The van der Waals surface area contributed by atoms with Crippen LogP contribution in [0.2, 0.25) is 0 Å². The summed E-state index contributed by atoms with van der Waals surface area (Å²) in [6.45, 7) is 3.89. The zero-order valence-electron chi connectivity index (χ0n) is 17.9. The second-order valence-corrected chi connectivity index (χ2v) is 8.56. The number of anilines is 1. The molecule has 1 N–H and O–H groups in total. The molecule has 9 heteroatoms. The van der Waals surface area contributed by atoms with E-state index in [1.807, 2.05) is 37.4 Å². The van der Waals surface area contributed by atoms with Crippen LogP contribution in [0.1, 0.15) is 30.2 Å². The zero-order valence-corrected chi connectivity index (χ0v) is 18.7. The number of hydrogen-bond donors (Lipinski definition) is 1. The number of carbonyl (C=O) groups excluding carboxylic acids is 1. The minimum Gasteiger partial charge on any atom is -0.298 e. The van der Waals surface area contributed by atoms with Crippen molar-refractivity contribution < 1.29 is 9.18 Å². The molecular formula is C24H19FN6OS. The molecule has 0 fully saturated rings. The highest BCUT2D eigenvalue weighted by Crippen LogP contribution is 2.29. The Labute approximate surface area is 193 Å². The smallest absolute Gasteiger partial charge is 0.261 e. The lowest BCUT2D eigenvalue weighted by Crippen LogP contribution is -2.12. The minimum absolute atomic E-state index is 0.0111. The fourth-order valence-corrected chi connectivity index (χ4v) is 4.10. The summed E-state index contributed by atoms with van der Waals surface area (Å²) < 4.78 is 16.1. The van der Waals surface area contributed by atoms with Crippen LogP contribution >= 0.6 is 11.3 Å². The number of pyridine rings is 2. The molecule has 164 valence electrons. The molecule has 7 nitrogen and oxygen atoms in total. The molecule has 0 radical (unpaired) electrons. The van der Waals surface area contributed by atoms with Gasteiger partial charge in [-0.25, -0.2) is 14.4 Å². The van der Waals surface area contributed by atoms with Gasteiger partial charge in [0.2, 0.25) is 0 Å². The van der Waals surface area contributed by atoms with Gasteiger partial charge in [0.25, 0.3) is 5.91 Å². The molecule has 4 aromatic heterocycles. The van der Waals surface area contributed by atoms with E-state index in [-0.39, 0.29) is 17.2 Å². The van der Waals surface area contributed by atoms with Gasteiger partial charge < -0.3 is 0 Å². The Morgan fingerprint density at radius 3 is 2.76 bits per heavy atom. The lowest BCUT2D eigenvalue weighted by Gasteiger charge is -2.04. The van der Waals surface area contributed by atoms with Crippen LogP contribution < -0.4 is 5.32 Å². The normalized spacial score (nSPS) is 11.3. The van der Waals surface area contributed by atoms with E-state index in [0.29, 0.717) is 22.2 Å². The van der Waals surface area contributed by atoms with Crippen molar-refractivity contribution in [2.75, 3.05) is 5.32 Å². The van der Waals surface area contributed by atoms with E-state index in [1.54, 1.807) is 41.5 Å². The minimum atomic E-state index is -0.436. The molecule has 0 spiro atoms. The largest absolute Gasteiger partial charge is 0.298 e. The zero-order chi connectivity index (χ0) is 22.9. The van der Waals surface area contributed by atoms with Crippen LogP contribution in [0.3, 0.4) is 0 Å². The van der Waals surface area contributed by atoms with Gasteiger partial charge in [-0.1, -0.05) is 18.2 Å². The Kier molecular flexibility index (Phi) is 5.39. The number of rotatable bonds is 5. The highest BCUT2D eigenvalue weighted by atomic mass is 32.1. The fourth-order valence-electron chi connectivity index (χ4n) is 3.40. The molecule has 0 bridgehead atoms. The van der Waals surface area contributed by atoms with E-state index in [2.05, 4.69) is 25.4 Å². The molecule has 0 aliphatic rings. The average molecular weight is 459 g/mol.